The van der Waals surface area contributed by atoms with E-state index in [9.17, 15) is 0 Å². The molecule has 2 aromatic carbocycles. The van der Waals surface area contributed by atoms with Crippen LogP contribution in [0.5, 0.6) is 0 Å². The fraction of sp³-hybridized carbons (Fsp3) is 0.0667. The van der Waals surface area contributed by atoms with Crippen LogP contribution >= 0.6 is 0 Å². The van der Waals surface area contributed by atoms with Crippen LogP contribution in [-0.2, 0) is 0 Å². The fourth-order valence-electron chi connectivity index (χ4n) is 1.85. The molecule has 0 spiro atoms. The van der Waals surface area contributed by atoms with Crippen molar-refractivity contribution < 1.29 is 0 Å². The zero-order valence-electron chi connectivity index (χ0n) is 9.08. The van der Waals surface area contributed by atoms with Gasteiger partial charge in [0.05, 0.1) is 0 Å². The molecule has 0 bridgehead atoms. The van der Waals surface area contributed by atoms with Gasteiger partial charge in [0.15, 0.2) is 0 Å². The van der Waals surface area contributed by atoms with Gasteiger partial charge in [-0.3, -0.25) is 0 Å². The summed E-state index contributed by atoms with van der Waals surface area (Å²) >= 11 is 0. The topological polar surface area (TPSA) is 26.0 Å². The number of nitrogens with two attached hydrogens (primary N) is 1. The van der Waals surface area contributed by atoms with Crippen LogP contribution in [0.15, 0.2) is 72.9 Å². The van der Waals surface area contributed by atoms with Crippen LogP contribution in [0.4, 0.5) is 0 Å². The second-order valence-electron chi connectivity index (χ2n) is 3.68. The standard InChI is InChI=1S/C15H15N/c16-12-11-15(13-7-3-1-4-8-13)14-9-5-2-6-10-14/h1-12,15H,16H2/b12-11-. The lowest BCUT2D eigenvalue weighted by Gasteiger charge is -2.13. The summed E-state index contributed by atoms with van der Waals surface area (Å²) < 4.78 is 0. The molecule has 2 aromatic rings. The summed E-state index contributed by atoms with van der Waals surface area (Å²) in [6.07, 6.45) is 3.63. The lowest BCUT2D eigenvalue weighted by Crippen LogP contribution is -1.98. The second-order valence-corrected chi connectivity index (χ2v) is 3.68. The molecule has 80 valence electrons. The summed E-state index contributed by atoms with van der Waals surface area (Å²) in [5, 5.41) is 0. The molecule has 0 atom stereocenters. The molecule has 16 heavy (non-hydrogen) atoms. The fourth-order valence-corrected chi connectivity index (χ4v) is 1.85. The molecular weight excluding hydrogens is 194 g/mol. The Labute approximate surface area is 96.2 Å². The van der Waals surface area contributed by atoms with Crippen molar-refractivity contribution in [2.75, 3.05) is 0 Å². The normalized spacial score (nSPS) is 11.1. The first kappa shape index (κ1) is 10.5. The molecular formula is C15H15N. The Balaban J connectivity index is 2.39. The maximum absolute atomic E-state index is 5.52. The first-order chi connectivity index (χ1) is 7.92. The Hall–Kier alpha value is -2.02. The average molecular weight is 209 g/mol. The number of benzene rings is 2. The van der Waals surface area contributed by atoms with E-state index in [0.717, 1.165) is 0 Å². The van der Waals surface area contributed by atoms with Gasteiger partial charge in [-0.25, -0.2) is 0 Å². The van der Waals surface area contributed by atoms with Crippen molar-refractivity contribution in [1.82, 2.24) is 0 Å². The molecule has 0 heterocycles. The maximum Gasteiger partial charge on any atom is 0.0286 e. The molecule has 1 heteroatoms. The molecule has 0 aliphatic heterocycles. The van der Waals surface area contributed by atoms with Gasteiger partial charge in [-0.2, -0.15) is 0 Å². The largest absolute Gasteiger partial charge is 0.405 e. The Morgan fingerprint density at radius 2 is 1.19 bits per heavy atom. The van der Waals surface area contributed by atoms with Crippen molar-refractivity contribution in [2.45, 2.75) is 5.92 Å². The summed E-state index contributed by atoms with van der Waals surface area (Å²) in [4.78, 5) is 0. The first-order valence-electron chi connectivity index (χ1n) is 5.40. The third-order valence-electron chi connectivity index (χ3n) is 2.62. The van der Waals surface area contributed by atoms with Crippen LogP contribution in [0.2, 0.25) is 0 Å². The average Bonchev–Trinajstić information content (AvgIpc) is 2.38. The highest BCUT2D eigenvalue weighted by Crippen LogP contribution is 2.25. The zero-order chi connectivity index (χ0) is 11.2. The third kappa shape index (κ3) is 2.31. The van der Waals surface area contributed by atoms with E-state index in [1.165, 1.54) is 11.1 Å². The molecule has 0 amide bonds. The van der Waals surface area contributed by atoms with E-state index in [0.29, 0.717) is 0 Å². The van der Waals surface area contributed by atoms with Gasteiger partial charge in [0.1, 0.15) is 0 Å². The Kier molecular flexibility index (Phi) is 3.39. The molecule has 0 saturated carbocycles. The van der Waals surface area contributed by atoms with E-state index in [4.69, 9.17) is 5.73 Å². The van der Waals surface area contributed by atoms with Gasteiger partial charge < -0.3 is 5.73 Å². The number of rotatable bonds is 3. The van der Waals surface area contributed by atoms with Gasteiger partial charge in [0, 0.05) is 5.92 Å². The number of hydrogen-bond acceptors (Lipinski definition) is 1. The highest BCUT2D eigenvalue weighted by Gasteiger charge is 2.09. The Morgan fingerprint density at radius 3 is 1.56 bits per heavy atom. The summed E-state index contributed by atoms with van der Waals surface area (Å²) in [5.41, 5.74) is 8.04. The van der Waals surface area contributed by atoms with Crippen LogP contribution in [0.25, 0.3) is 0 Å². The van der Waals surface area contributed by atoms with E-state index in [2.05, 4.69) is 48.5 Å². The Morgan fingerprint density at radius 1 is 0.750 bits per heavy atom. The molecule has 1 nitrogen and oxygen atoms in total. The summed E-state index contributed by atoms with van der Waals surface area (Å²) in [6.45, 7) is 0. The van der Waals surface area contributed by atoms with E-state index >= 15 is 0 Å². The molecule has 0 aromatic heterocycles. The maximum atomic E-state index is 5.52. The van der Waals surface area contributed by atoms with E-state index in [1.807, 2.05) is 18.2 Å². The SMILES string of the molecule is N/C=C\C(c1ccccc1)c1ccccc1. The van der Waals surface area contributed by atoms with Crippen LogP contribution in [0.3, 0.4) is 0 Å². The lowest BCUT2D eigenvalue weighted by atomic mass is 9.91. The van der Waals surface area contributed by atoms with Gasteiger partial charge >= 0.3 is 0 Å². The van der Waals surface area contributed by atoms with Gasteiger partial charge in [-0.1, -0.05) is 66.7 Å². The molecule has 0 unspecified atom stereocenters. The Bertz CT molecular complexity index is 406. The van der Waals surface area contributed by atoms with Crippen molar-refractivity contribution in [1.29, 1.82) is 0 Å². The van der Waals surface area contributed by atoms with Gasteiger partial charge in [0.25, 0.3) is 0 Å². The van der Waals surface area contributed by atoms with Gasteiger partial charge in [0.2, 0.25) is 0 Å². The van der Waals surface area contributed by atoms with E-state index < -0.39 is 0 Å². The quantitative estimate of drug-likeness (QED) is 0.824. The molecule has 2 rings (SSSR count). The zero-order valence-corrected chi connectivity index (χ0v) is 9.08. The summed E-state index contributed by atoms with van der Waals surface area (Å²) in [7, 11) is 0. The highest BCUT2D eigenvalue weighted by atomic mass is 14.5. The minimum Gasteiger partial charge on any atom is -0.405 e. The second kappa shape index (κ2) is 5.17. The van der Waals surface area contributed by atoms with Crippen LogP contribution in [0.1, 0.15) is 17.0 Å². The van der Waals surface area contributed by atoms with Crippen LogP contribution in [0, 0.1) is 0 Å². The molecule has 0 radical (unpaired) electrons. The minimum absolute atomic E-state index is 0.243. The van der Waals surface area contributed by atoms with Crippen LogP contribution in [-0.4, -0.2) is 0 Å². The van der Waals surface area contributed by atoms with Crippen molar-refractivity contribution in [3.8, 4) is 0 Å². The molecule has 0 aliphatic carbocycles. The van der Waals surface area contributed by atoms with Crippen LogP contribution < -0.4 is 5.73 Å². The van der Waals surface area contributed by atoms with Crippen molar-refractivity contribution >= 4 is 0 Å². The molecule has 0 saturated heterocycles. The highest BCUT2D eigenvalue weighted by molar-refractivity contribution is 5.36. The van der Waals surface area contributed by atoms with Crippen molar-refractivity contribution in [3.05, 3.63) is 84.1 Å². The number of hydrogen-bond donors (Lipinski definition) is 1. The minimum atomic E-state index is 0.243. The predicted octanol–water partition coefficient (Wildman–Crippen LogP) is 3.29. The molecule has 2 N–H and O–H groups in total. The smallest absolute Gasteiger partial charge is 0.0286 e. The lowest BCUT2D eigenvalue weighted by molar-refractivity contribution is 1.02. The van der Waals surface area contributed by atoms with E-state index in [1.54, 1.807) is 6.20 Å². The molecule has 0 fully saturated rings. The third-order valence-corrected chi connectivity index (χ3v) is 2.62. The number of allylic oxidation sites excluding steroid dienone is 1. The predicted molar refractivity (Wildman–Crippen MR) is 68.1 cm³/mol. The van der Waals surface area contributed by atoms with Gasteiger partial charge in [-0.05, 0) is 17.3 Å². The summed E-state index contributed by atoms with van der Waals surface area (Å²) in [6, 6.07) is 20.7. The van der Waals surface area contributed by atoms with Crippen molar-refractivity contribution in [2.24, 2.45) is 5.73 Å². The van der Waals surface area contributed by atoms with E-state index in [-0.39, 0.29) is 5.92 Å². The van der Waals surface area contributed by atoms with Gasteiger partial charge in [-0.15, -0.1) is 0 Å². The first-order valence-corrected chi connectivity index (χ1v) is 5.40. The van der Waals surface area contributed by atoms with Crippen molar-refractivity contribution in [3.63, 3.8) is 0 Å². The summed E-state index contributed by atoms with van der Waals surface area (Å²) in [5.74, 6) is 0.243. The molecule has 0 aliphatic rings. The monoisotopic (exact) mass is 209 g/mol.